The molecule has 0 saturated heterocycles. The van der Waals surface area contributed by atoms with Gasteiger partial charge in [-0.2, -0.15) is 0 Å². The van der Waals surface area contributed by atoms with E-state index < -0.39 is 0 Å². The molecule has 0 N–H and O–H groups in total. The predicted octanol–water partition coefficient (Wildman–Crippen LogP) is 3.89. The van der Waals surface area contributed by atoms with E-state index in [1.807, 2.05) is 26.8 Å². The molecular weight excluding hydrogens is 228 g/mol. The van der Waals surface area contributed by atoms with Crippen LogP contribution in [-0.2, 0) is 4.79 Å². The van der Waals surface area contributed by atoms with Gasteiger partial charge in [-0.1, -0.05) is 47.5 Å². The van der Waals surface area contributed by atoms with Gasteiger partial charge in [0.25, 0.3) is 0 Å². The Labute approximate surface area is 90.0 Å². The summed E-state index contributed by atoms with van der Waals surface area (Å²) in [6.07, 6.45) is 6.74. The molecule has 0 aliphatic rings. The highest BCUT2D eigenvalue weighted by atomic mass is 79.9. The van der Waals surface area contributed by atoms with Crippen LogP contribution in [0.5, 0.6) is 0 Å². The third-order valence-corrected chi connectivity index (χ3v) is 2.33. The first-order valence-corrected chi connectivity index (χ1v) is 5.51. The second kappa shape index (κ2) is 11.6. The number of hydrogen-bond donors (Lipinski definition) is 0. The monoisotopic (exact) mass is 246 g/mol. The van der Waals surface area contributed by atoms with E-state index in [0.29, 0.717) is 0 Å². The molecule has 0 aromatic rings. The number of alkyl halides is 1. The molecule has 0 rings (SSSR count). The fourth-order valence-corrected chi connectivity index (χ4v) is 0.836. The largest absolute Gasteiger partial charge is 0.302 e. The van der Waals surface area contributed by atoms with Gasteiger partial charge in [-0.05, 0) is 19.8 Å². The molecule has 2 heteroatoms. The van der Waals surface area contributed by atoms with Crippen molar-refractivity contribution in [2.45, 2.75) is 38.4 Å². The maximum atomic E-state index is 10.3. The van der Waals surface area contributed by atoms with Crippen molar-refractivity contribution in [2.24, 2.45) is 0 Å². The minimum Gasteiger partial charge on any atom is -0.302 e. The number of halogens is 1. The molecule has 0 aromatic carbocycles. The Balaban J connectivity index is 0. The van der Waals surface area contributed by atoms with Gasteiger partial charge in [-0.15, -0.1) is 6.58 Å². The van der Waals surface area contributed by atoms with E-state index in [1.54, 1.807) is 0 Å². The van der Waals surface area contributed by atoms with Crippen molar-refractivity contribution in [1.82, 2.24) is 0 Å². The third kappa shape index (κ3) is 9.54. The molecule has 1 unspecified atom stereocenters. The van der Waals surface area contributed by atoms with Crippen molar-refractivity contribution in [3.8, 4) is 0 Å². The van der Waals surface area contributed by atoms with Gasteiger partial charge in [0, 0.05) is 0 Å². The Morgan fingerprint density at radius 3 is 2.38 bits per heavy atom. The maximum absolute atomic E-state index is 10.3. The molecule has 0 fully saturated rings. The van der Waals surface area contributed by atoms with Gasteiger partial charge < -0.3 is 4.79 Å². The van der Waals surface area contributed by atoms with Crippen molar-refractivity contribution in [3.63, 3.8) is 0 Å². The molecule has 0 aliphatic heterocycles. The van der Waals surface area contributed by atoms with Crippen LogP contribution < -0.4 is 0 Å². The summed E-state index contributed by atoms with van der Waals surface area (Å²) in [5.74, 6) is 0. The lowest BCUT2D eigenvalue weighted by molar-refractivity contribution is -0.106. The van der Waals surface area contributed by atoms with Crippen molar-refractivity contribution in [1.29, 1.82) is 0 Å². The Hall–Kier alpha value is -0.370. The summed E-state index contributed by atoms with van der Waals surface area (Å²) in [6, 6.07) is 0. The quantitative estimate of drug-likeness (QED) is 0.312. The second-order valence-corrected chi connectivity index (χ2v) is 3.34. The van der Waals surface area contributed by atoms with Crippen molar-refractivity contribution in [2.75, 3.05) is 0 Å². The van der Waals surface area contributed by atoms with Gasteiger partial charge in [0.05, 0.1) is 4.83 Å². The zero-order valence-electron chi connectivity index (χ0n) is 8.72. The van der Waals surface area contributed by atoms with E-state index in [0.717, 1.165) is 24.7 Å². The van der Waals surface area contributed by atoms with Crippen LogP contribution in [0, 0.1) is 0 Å². The number of unbranched alkanes of at least 4 members (excludes halogenated alkanes) is 1. The Kier molecular flexibility index (Phi) is 13.5. The Bertz CT molecular complexity index is 161. The summed E-state index contributed by atoms with van der Waals surface area (Å²) in [6.45, 7) is 9.55. The van der Waals surface area contributed by atoms with Crippen molar-refractivity contribution in [3.05, 3.63) is 24.3 Å². The van der Waals surface area contributed by atoms with E-state index >= 15 is 0 Å². The van der Waals surface area contributed by atoms with Gasteiger partial charge in [-0.25, -0.2) is 0 Å². The first kappa shape index (κ1) is 15.1. The van der Waals surface area contributed by atoms with E-state index in [1.165, 1.54) is 0 Å². The highest BCUT2D eigenvalue weighted by Crippen LogP contribution is 2.10. The molecule has 0 aromatic heterocycles. The van der Waals surface area contributed by atoms with Crippen LogP contribution in [-0.4, -0.2) is 11.1 Å². The van der Waals surface area contributed by atoms with Gasteiger partial charge in [0.1, 0.15) is 6.29 Å². The average molecular weight is 247 g/mol. The maximum Gasteiger partial charge on any atom is 0.137 e. The summed E-state index contributed by atoms with van der Waals surface area (Å²) >= 11 is 3.23. The van der Waals surface area contributed by atoms with E-state index in [9.17, 15) is 4.79 Å². The predicted molar refractivity (Wildman–Crippen MR) is 63.3 cm³/mol. The zero-order valence-corrected chi connectivity index (χ0v) is 10.3. The SMILES string of the molecule is C=CCC/C=C(\C)C(Br)C=O.CC. The summed E-state index contributed by atoms with van der Waals surface area (Å²) in [5.41, 5.74) is 1.07. The molecule has 0 spiro atoms. The minimum atomic E-state index is -0.118. The Morgan fingerprint density at radius 2 is 2.00 bits per heavy atom. The van der Waals surface area contributed by atoms with Crippen molar-refractivity contribution >= 4 is 22.2 Å². The van der Waals surface area contributed by atoms with Gasteiger partial charge in [0.15, 0.2) is 0 Å². The van der Waals surface area contributed by atoms with Gasteiger partial charge >= 0.3 is 0 Å². The summed E-state index contributed by atoms with van der Waals surface area (Å²) < 4.78 is 0. The molecule has 0 amide bonds. The standard InChI is InChI=1S/C9H13BrO.C2H6/c1-3-4-5-6-8(2)9(10)7-11;1-2/h3,6-7,9H,1,4-5H2,2H3;1-2H3/b8-6+;. The number of carbonyl (C=O) groups is 1. The van der Waals surface area contributed by atoms with Gasteiger partial charge in [0.2, 0.25) is 0 Å². The van der Waals surface area contributed by atoms with Crippen LogP contribution in [0.1, 0.15) is 33.6 Å². The van der Waals surface area contributed by atoms with Crippen LogP contribution in [0.2, 0.25) is 0 Å². The van der Waals surface area contributed by atoms with Crippen molar-refractivity contribution < 1.29 is 4.79 Å². The molecule has 0 saturated carbocycles. The van der Waals surface area contributed by atoms with Crippen LogP contribution in [0.4, 0.5) is 0 Å². The second-order valence-electron chi connectivity index (χ2n) is 2.35. The van der Waals surface area contributed by atoms with Crippen LogP contribution >= 0.6 is 15.9 Å². The smallest absolute Gasteiger partial charge is 0.137 e. The topological polar surface area (TPSA) is 17.1 Å². The zero-order chi connectivity index (χ0) is 10.7. The number of carbonyl (C=O) groups excluding carboxylic acids is 1. The fraction of sp³-hybridized carbons (Fsp3) is 0.545. The number of rotatable bonds is 5. The molecule has 0 aliphatic carbocycles. The van der Waals surface area contributed by atoms with Crippen LogP contribution in [0.25, 0.3) is 0 Å². The lowest BCUT2D eigenvalue weighted by Crippen LogP contribution is -1.99. The highest BCUT2D eigenvalue weighted by molar-refractivity contribution is 9.10. The highest BCUT2D eigenvalue weighted by Gasteiger charge is 2.01. The minimum absolute atomic E-state index is 0.118. The number of hydrogen-bond acceptors (Lipinski definition) is 1. The molecule has 13 heavy (non-hydrogen) atoms. The average Bonchev–Trinajstić information content (AvgIpc) is 2.20. The summed E-state index contributed by atoms with van der Waals surface area (Å²) in [4.78, 5) is 10.2. The summed E-state index contributed by atoms with van der Waals surface area (Å²) in [5, 5.41) is 0. The molecule has 0 heterocycles. The molecular formula is C11H19BrO. The van der Waals surface area contributed by atoms with Crippen LogP contribution in [0.15, 0.2) is 24.3 Å². The molecule has 1 atom stereocenters. The first-order valence-electron chi connectivity index (χ1n) is 4.59. The molecule has 1 nitrogen and oxygen atoms in total. The lowest BCUT2D eigenvalue weighted by atomic mass is 10.1. The van der Waals surface area contributed by atoms with Crippen LogP contribution in [0.3, 0.4) is 0 Å². The van der Waals surface area contributed by atoms with E-state index in [2.05, 4.69) is 28.6 Å². The van der Waals surface area contributed by atoms with Gasteiger partial charge in [-0.3, -0.25) is 0 Å². The molecule has 76 valence electrons. The number of allylic oxidation sites excluding steroid dienone is 3. The summed E-state index contributed by atoms with van der Waals surface area (Å²) in [7, 11) is 0. The lowest BCUT2D eigenvalue weighted by Gasteiger charge is -2.00. The molecule has 0 radical (unpaired) electrons. The first-order chi connectivity index (χ1) is 6.22. The fourth-order valence-electron chi connectivity index (χ4n) is 0.649. The molecule has 0 bridgehead atoms. The number of aldehydes is 1. The third-order valence-electron chi connectivity index (χ3n) is 1.39. The van der Waals surface area contributed by atoms with E-state index in [4.69, 9.17) is 0 Å². The Morgan fingerprint density at radius 1 is 1.46 bits per heavy atom. The normalized spacial score (nSPS) is 12.5. The van der Waals surface area contributed by atoms with E-state index in [-0.39, 0.29) is 4.83 Å².